The van der Waals surface area contributed by atoms with E-state index in [4.69, 9.17) is 28.4 Å². The van der Waals surface area contributed by atoms with Gasteiger partial charge in [0.2, 0.25) is 0 Å². The minimum Gasteiger partial charge on any atom is -0.378 e. The molecular formula is C20H43NO6. The van der Waals surface area contributed by atoms with Gasteiger partial charge in [-0.15, -0.1) is 0 Å². The second-order valence-corrected chi connectivity index (χ2v) is 8.20. The van der Waals surface area contributed by atoms with Gasteiger partial charge < -0.3 is 33.7 Å². The Hall–Kier alpha value is -0.280. The lowest BCUT2D eigenvalue weighted by molar-refractivity contribution is -0.0464. The fraction of sp³-hybridized carbons (Fsp3) is 1.00. The van der Waals surface area contributed by atoms with E-state index in [9.17, 15) is 0 Å². The van der Waals surface area contributed by atoms with Crippen molar-refractivity contribution in [3.63, 3.8) is 0 Å². The largest absolute Gasteiger partial charge is 0.378 e. The van der Waals surface area contributed by atoms with Crippen LogP contribution in [0.3, 0.4) is 0 Å². The molecule has 0 saturated carbocycles. The Morgan fingerprint density at radius 1 is 0.481 bits per heavy atom. The quantitative estimate of drug-likeness (QED) is 0.358. The fourth-order valence-electron chi connectivity index (χ4n) is 1.89. The van der Waals surface area contributed by atoms with Crippen LogP contribution in [0.2, 0.25) is 0 Å². The first-order valence-electron chi connectivity index (χ1n) is 9.98. The average Bonchev–Trinajstić information content (AvgIpc) is 2.55. The second kappa shape index (κ2) is 16.7. The molecule has 0 bridgehead atoms. The summed E-state index contributed by atoms with van der Waals surface area (Å²) in [5.74, 6) is 0. The predicted octanol–water partition coefficient (Wildman–Crippen LogP) is 2.27. The Morgan fingerprint density at radius 3 is 1.15 bits per heavy atom. The van der Waals surface area contributed by atoms with E-state index in [1.165, 1.54) is 0 Å². The van der Waals surface area contributed by atoms with E-state index in [-0.39, 0.29) is 11.1 Å². The molecule has 0 spiro atoms. The Labute approximate surface area is 166 Å². The highest BCUT2D eigenvalue weighted by molar-refractivity contribution is 4.69. The smallest absolute Gasteiger partial charge is 0.0707 e. The van der Waals surface area contributed by atoms with Crippen molar-refractivity contribution < 1.29 is 28.4 Å². The summed E-state index contributed by atoms with van der Waals surface area (Å²) in [6, 6.07) is 0. The summed E-state index contributed by atoms with van der Waals surface area (Å²) < 4.78 is 32.8. The van der Waals surface area contributed by atoms with Crippen LogP contribution in [0.4, 0.5) is 0 Å². The van der Waals surface area contributed by atoms with Crippen molar-refractivity contribution in [3.05, 3.63) is 0 Å². The number of hydrogen-bond acceptors (Lipinski definition) is 7. The third-order valence-electron chi connectivity index (χ3n) is 3.15. The predicted molar refractivity (Wildman–Crippen MR) is 108 cm³/mol. The number of hydrogen-bond donors (Lipinski definition) is 1. The molecule has 0 heterocycles. The zero-order valence-corrected chi connectivity index (χ0v) is 18.4. The van der Waals surface area contributed by atoms with Gasteiger partial charge in [0.1, 0.15) is 0 Å². The Bertz CT molecular complexity index is 285. The number of nitrogens with one attached hydrogen (secondary N) is 1. The van der Waals surface area contributed by atoms with Crippen molar-refractivity contribution in [2.24, 2.45) is 0 Å². The monoisotopic (exact) mass is 393 g/mol. The summed E-state index contributed by atoms with van der Waals surface area (Å²) >= 11 is 0. The summed E-state index contributed by atoms with van der Waals surface area (Å²) in [4.78, 5) is 0. The van der Waals surface area contributed by atoms with E-state index in [2.05, 4.69) is 26.1 Å². The molecule has 0 radical (unpaired) electrons. The molecule has 0 rings (SSSR count). The third kappa shape index (κ3) is 25.7. The van der Waals surface area contributed by atoms with Crippen LogP contribution >= 0.6 is 0 Å². The van der Waals surface area contributed by atoms with Gasteiger partial charge in [0, 0.05) is 12.1 Å². The van der Waals surface area contributed by atoms with Crippen LogP contribution in [0.1, 0.15) is 41.5 Å². The molecule has 0 aliphatic rings. The van der Waals surface area contributed by atoms with E-state index in [0.29, 0.717) is 72.7 Å². The molecule has 0 aromatic heterocycles. The van der Waals surface area contributed by atoms with Gasteiger partial charge in [-0.05, 0) is 41.5 Å². The van der Waals surface area contributed by atoms with Gasteiger partial charge in [-0.25, -0.2) is 0 Å². The Morgan fingerprint density at radius 2 is 0.815 bits per heavy atom. The lowest BCUT2D eigenvalue weighted by Gasteiger charge is -2.20. The second-order valence-electron chi connectivity index (χ2n) is 8.20. The lowest BCUT2D eigenvalue weighted by Crippen LogP contribution is -2.38. The summed E-state index contributed by atoms with van der Waals surface area (Å²) in [6.07, 6.45) is 0. The molecule has 0 amide bonds. The molecule has 0 saturated heterocycles. The molecule has 27 heavy (non-hydrogen) atoms. The van der Waals surface area contributed by atoms with Crippen LogP contribution < -0.4 is 5.32 Å². The first-order chi connectivity index (χ1) is 12.7. The van der Waals surface area contributed by atoms with Crippen molar-refractivity contribution in [3.8, 4) is 0 Å². The van der Waals surface area contributed by atoms with Crippen molar-refractivity contribution >= 4 is 0 Å². The maximum atomic E-state index is 5.56. The molecule has 164 valence electrons. The van der Waals surface area contributed by atoms with Gasteiger partial charge in [-0.1, -0.05) is 0 Å². The zero-order chi connectivity index (χ0) is 20.4. The maximum Gasteiger partial charge on any atom is 0.0707 e. The van der Waals surface area contributed by atoms with Crippen LogP contribution in [0.15, 0.2) is 0 Å². The van der Waals surface area contributed by atoms with Crippen LogP contribution in [0.25, 0.3) is 0 Å². The number of rotatable bonds is 18. The third-order valence-corrected chi connectivity index (χ3v) is 3.15. The van der Waals surface area contributed by atoms with Gasteiger partial charge in [-0.3, -0.25) is 0 Å². The van der Waals surface area contributed by atoms with Crippen molar-refractivity contribution in [2.75, 3.05) is 79.2 Å². The number of ether oxygens (including phenoxy) is 6. The van der Waals surface area contributed by atoms with Crippen LogP contribution in [-0.4, -0.2) is 90.4 Å². The van der Waals surface area contributed by atoms with Crippen molar-refractivity contribution in [2.45, 2.75) is 52.7 Å². The van der Waals surface area contributed by atoms with E-state index in [1.807, 2.05) is 20.8 Å². The van der Waals surface area contributed by atoms with Crippen LogP contribution in [-0.2, 0) is 28.4 Å². The van der Waals surface area contributed by atoms with Crippen LogP contribution in [0.5, 0.6) is 0 Å². The average molecular weight is 394 g/mol. The normalized spacial score (nSPS) is 12.7. The van der Waals surface area contributed by atoms with E-state index in [0.717, 1.165) is 6.54 Å². The standard InChI is InChI=1S/C20H43NO6/c1-19(2,3)21-7-8-22-9-10-23-11-12-24-13-14-25-15-16-26-17-18-27-20(4,5)6/h21H,7-18H2,1-6H3. The van der Waals surface area contributed by atoms with Gasteiger partial charge in [0.25, 0.3) is 0 Å². The lowest BCUT2D eigenvalue weighted by atomic mass is 10.1. The SMILES string of the molecule is CC(C)(C)NCCOCCOCCOCCOCCOCCOC(C)(C)C. The van der Waals surface area contributed by atoms with Crippen LogP contribution in [0, 0.1) is 0 Å². The summed E-state index contributed by atoms with van der Waals surface area (Å²) in [7, 11) is 0. The van der Waals surface area contributed by atoms with Gasteiger partial charge in [-0.2, -0.15) is 0 Å². The molecule has 0 aliphatic heterocycles. The molecule has 1 N–H and O–H groups in total. The highest BCUT2D eigenvalue weighted by Gasteiger charge is 2.09. The van der Waals surface area contributed by atoms with Crippen molar-refractivity contribution in [1.29, 1.82) is 0 Å². The van der Waals surface area contributed by atoms with Gasteiger partial charge in [0.15, 0.2) is 0 Å². The van der Waals surface area contributed by atoms with Crippen molar-refractivity contribution in [1.82, 2.24) is 5.32 Å². The van der Waals surface area contributed by atoms with E-state index >= 15 is 0 Å². The molecule has 0 unspecified atom stereocenters. The summed E-state index contributed by atoms with van der Waals surface area (Å²) in [5.41, 5.74) is 0.0203. The molecule has 0 aromatic rings. The molecule has 0 fully saturated rings. The summed E-state index contributed by atoms with van der Waals surface area (Å²) in [6.45, 7) is 19.8. The van der Waals surface area contributed by atoms with E-state index < -0.39 is 0 Å². The molecule has 7 heteroatoms. The first kappa shape index (κ1) is 26.7. The molecule has 0 aromatic carbocycles. The van der Waals surface area contributed by atoms with E-state index in [1.54, 1.807) is 0 Å². The highest BCUT2D eigenvalue weighted by atomic mass is 16.6. The topological polar surface area (TPSA) is 67.4 Å². The highest BCUT2D eigenvalue weighted by Crippen LogP contribution is 2.05. The summed E-state index contributed by atoms with van der Waals surface area (Å²) in [5, 5.41) is 3.37. The molecule has 0 aliphatic carbocycles. The van der Waals surface area contributed by atoms with Gasteiger partial charge in [0.05, 0.1) is 78.3 Å². The Balaban J connectivity index is 3.07. The Kier molecular flexibility index (Phi) is 16.5. The molecule has 7 nitrogen and oxygen atoms in total. The minimum atomic E-state index is -0.114. The maximum absolute atomic E-state index is 5.56. The minimum absolute atomic E-state index is 0.114. The fourth-order valence-corrected chi connectivity index (χ4v) is 1.89. The zero-order valence-electron chi connectivity index (χ0n) is 18.4. The molecular weight excluding hydrogens is 350 g/mol. The molecule has 0 atom stereocenters. The first-order valence-corrected chi connectivity index (χ1v) is 9.98. The van der Waals surface area contributed by atoms with Gasteiger partial charge >= 0.3 is 0 Å².